The van der Waals surface area contributed by atoms with Crippen molar-refractivity contribution in [1.29, 1.82) is 0 Å². The van der Waals surface area contributed by atoms with Crippen molar-refractivity contribution in [2.24, 2.45) is 0 Å². The normalized spacial score (nSPS) is 16.2. The minimum absolute atomic E-state index is 0.139. The van der Waals surface area contributed by atoms with Crippen LogP contribution in [-0.4, -0.2) is 33.6 Å². The largest absolute Gasteiger partial charge is 0.480 e. The van der Waals surface area contributed by atoms with Crippen LogP contribution in [0.25, 0.3) is 0 Å². The number of carboxylic acids is 1. The van der Waals surface area contributed by atoms with Gasteiger partial charge in [0.15, 0.2) is 0 Å². The lowest BCUT2D eigenvalue weighted by Gasteiger charge is -2.23. The van der Waals surface area contributed by atoms with E-state index in [4.69, 9.17) is 5.11 Å². The fourth-order valence-corrected chi connectivity index (χ4v) is 2.16. The molecule has 0 amide bonds. The van der Waals surface area contributed by atoms with Crippen LogP contribution in [0, 0.1) is 0 Å². The first-order valence-corrected chi connectivity index (χ1v) is 6.28. The molecule has 1 fully saturated rings. The Hall–Kier alpha value is -1.85. The van der Waals surface area contributed by atoms with Gasteiger partial charge in [-0.1, -0.05) is 19.3 Å². The Morgan fingerprint density at radius 2 is 2.00 bits per heavy atom. The number of nitrogens with zero attached hydrogens (tertiary/aromatic N) is 2. The van der Waals surface area contributed by atoms with Crippen LogP contribution < -0.4 is 10.6 Å². The molecule has 0 unspecified atom stereocenters. The van der Waals surface area contributed by atoms with Crippen molar-refractivity contribution >= 4 is 17.6 Å². The fraction of sp³-hybridized carbons (Fsp3) is 0.583. The molecule has 1 aromatic heterocycles. The van der Waals surface area contributed by atoms with Gasteiger partial charge in [-0.15, -0.1) is 0 Å². The summed E-state index contributed by atoms with van der Waals surface area (Å²) < 4.78 is 0. The summed E-state index contributed by atoms with van der Waals surface area (Å²) in [5.74, 6) is 0.380. The van der Waals surface area contributed by atoms with Crippen LogP contribution in [0.2, 0.25) is 0 Å². The average molecular weight is 250 g/mol. The zero-order chi connectivity index (χ0) is 12.8. The van der Waals surface area contributed by atoms with Crippen molar-refractivity contribution < 1.29 is 9.90 Å². The number of hydrogen-bond acceptors (Lipinski definition) is 5. The number of aliphatic carboxylic acids is 1. The molecule has 0 saturated heterocycles. The molecule has 0 aromatic carbocycles. The first kappa shape index (κ1) is 12.6. The Balaban J connectivity index is 1.91. The van der Waals surface area contributed by atoms with Gasteiger partial charge in [-0.2, -0.15) is 0 Å². The first-order chi connectivity index (χ1) is 8.74. The van der Waals surface area contributed by atoms with Gasteiger partial charge in [0.25, 0.3) is 0 Å². The molecule has 1 heterocycles. The van der Waals surface area contributed by atoms with E-state index in [-0.39, 0.29) is 6.54 Å². The molecule has 6 heteroatoms. The Kier molecular flexibility index (Phi) is 4.33. The molecule has 6 nitrogen and oxygen atoms in total. The highest BCUT2D eigenvalue weighted by molar-refractivity contribution is 5.72. The molecule has 0 spiro atoms. The lowest BCUT2D eigenvalue weighted by Crippen LogP contribution is -2.23. The number of rotatable bonds is 5. The maximum Gasteiger partial charge on any atom is 0.322 e. The first-order valence-electron chi connectivity index (χ1n) is 6.28. The SMILES string of the molecule is O=C(O)CNc1cc(NC2CCCCC2)ncn1. The maximum absolute atomic E-state index is 10.5. The van der Waals surface area contributed by atoms with E-state index in [1.54, 1.807) is 6.07 Å². The third-order valence-electron chi connectivity index (χ3n) is 3.04. The van der Waals surface area contributed by atoms with Gasteiger partial charge in [0, 0.05) is 12.1 Å². The minimum atomic E-state index is -0.907. The Morgan fingerprint density at radius 1 is 1.28 bits per heavy atom. The molecular formula is C12H18N4O2. The molecule has 1 saturated carbocycles. The van der Waals surface area contributed by atoms with Gasteiger partial charge in [0.2, 0.25) is 0 Å². The molecule has 1 aliphatic carbocycles. The van der Waals surface area contributed by atoms with Crippen LogP contribution in [0.3, 0.4) is 0 Å². The van der Waals surface area contributed by atoms with Crippen LogP contribution in [0.15, 0.2) is 12.4 Å². The number of carbonyl (C=O) groups is 1. The highest BCUT2D eigenvalue weighted by Crippen LogP contribution is 2.21. The van der Waals surface area contributed by atoms with Crippen molar-refractivity contribution in [2.45, 2.75) is 38.1 Å². The van der Waals surface area contributed by atoms with Gasteiger partial charge in [0.1, 0.15) is 24.5 Å². The van der Waals surface area contributed by atoms with E-state index >= 15 is 0 Å². The second kappa shape index (κ2) is 6.18. The number of anilines is 2. The van der Waals surface area contributed by atoms with E-state index in [1.165, 1.54) is 38.4 Å². The number of nitrogens with one attached hydrogen (secondary N) is 2. The van der Waals surface area contributed by atoms with Gasteiger partial charge in [-0.3, -0.25) is 4.79 Å². The van der Waals surface area contributed by atoms with E-state index < -0.39 is 5.97 Å². The molecule has 0 atom stereocenters. The average Bonchev–Trinajstić information content (AvgIpc) is 2.38. The highest BCUT2D eigenvalue weighted by atomic mass is 16.4. The van der Waals surface area contributed by atoms with Crippen LogP contribution in [0.5, 0.6) is 0 Å². The predicted octanol–water partition coefficient (Wildman–Crippen LogP) is 1.72. The Labute approximate surface area is 106 Å². The standard InChI is InChI=1S/C12H18N4O2/c17-12(18)7-13-10-6-11(15-8-14-10)16-9-4-2-1-3-5-9/h6,8-9H,1-5,7H2,(H,17,18)(H2,13,14,15,16). The quantitative estimate of drug-likeness (QED) is 0.737. The van der Waals surface area contributed by atoms with Crippen LogP contribution in [0.4, 0.5) is 11.6 Å². The fourth-order valence-electron chi connectivity index (χ4n) is 2.16. The molecular weight excluding hydrogens is 232 g/mol. The summed E-state index contributed by atoms with van der Waals surface area (Å²) in [5, 5.41) is 14.7. The maximum atomic E-state index is 10.5. The summed E-state index contributed by atoms with van der Waals surface area (Å²) in [7, 11) is 0. The molecule has 1 aromatic rings. The van der Waals surface area contributed by atoms with Crippen molar-refractivity contribution in [1.82, 2.24) is 9.97 Å². The van der Waals surface area contributed by atoms with E-state index in [1.807, 2.05) is 0 Å². The Morgan fingerprint density at radius 3 is 2.72 bits per heavy atom. The zero-order valence-electron chi connectivity index (χ0n) is 10.2. The number of hydrogen-bond donors (Lipinski definition) is 3. The molecule has 0 radical (unpaired) electrons. The molecule has 98 valence electrons. The molecule has 3 N–H and O–H groups in total. The van der Waals surface area contributed by atoms with E-state index in [9.17, 15) is 4.79 Å². The second-order valence-corrected chi connectivity index (χ2v) is 4.52. The van der Waals surface area contributed by atoms with Crippen LogP contribution in [0.1, 0.15) is 32.1 Å². The van der Waals surface area contributed by atoms with E-state index in [0.717, 1.165) is 5.82 Å². The molecule has 0 aliphatic heterocycles. The van der Waals surface area contributed by atoms with Crippen molar-refractivity contribution in [2.75, 3.05) is 17.2 Å². The summed E-state index contributed by atoms with van der Waals surface area (Å²) in [6.45, 7) is -0.139. The Bertz CT molecular complexity index is 405. The highest BCUT2D eigenvalue weighted by Gasteiger charge is 2.13. The van der Waals surface area contributed by atoms with Crippen molar-refractivity contribution in [3.63, 3.8) is 0 Å². The summed E-state index contributed by atoms with van der Waals surface area (Å²) >= 11 is 0. The molecule has 0 bridgehead atoms. The van der Waals surface area contributed by atoms with Gasteiger partial charge < -0.3 is 15.7 Å². The lowest BCUT2D eigenvalue weighted by molar-refractivity contribution is -0.134. The lowest BCUT2D eigenvalue weighted by atomic mass is 9.95. The summed E-state index contributed by atoms with van der Waals surface area (Å²) in [6.07, 6.45) is 7.60. The van der Waals surface area contributed by atoms with Crippen molar-refractivity contribution in [3.05, 3.63) is 12.4 Å². The molecule has 1 aliphatic rings. The number of carboxylic acid groups (broad SMARTS) is 1. The molecule has 18 heavy (non-hydrogen) atoms. The van der Waals surface area contributed by atoms with Gasteiger partial charge in [-0.25, -0.2) is 9.97 Å². The van der Waals surface area contributed by atoms with E-state index in [2.05, 4.69) is 20.6 Å². The second-order valence-electron chi connectivity index (χ2n) is 4.52. The molecule has 2 rings (SSSR count). The number of aromatic nitrogens is 2. The third-order valence-corrected chi connectivity index (χ3v) is 3.04. The summed E-state index contributed by atoms with van der Waals surface area (Å²) in [5.41, 5.74) is 0. The monoisotopic (exact) mass is 250 g/mol. The van der Waals surface area contributed by atoms with Crippen LogP contribution in [-0.2, 0) is 4.79 Å². The minimum Gasteiger partial charge on any atom is -0.480 e. The van der Waals surface area contributed by atoms with E-state index in [0.29, 0.717) is 11.9 Å². The van der Waals surface area contributed by atoms with Gasteiger partial charge >= 0.3 is 5.97 Å². The van der Waals surface area contributed by atoms with Crippen molar-refractivity contribution in [3.8, 4) is 0 Å². The van der Waals surface area contributed by atoms with Gasteiger partial charge in [0.05, 0.1) is 0 Å². The van der Waals surface area contributed by atoms with Gasteiger partial charge in [-0.05, 0) is 12.8 Å². The topological polar surface area (TPSA) is 87.1 Å². The zero-order valence-corrected chi connectivity index (χ0v) is 10.2. The summed E-state index contributed by atoms with van der Waals surface area (Å²) in [6, 6.07) is 2.22. The predicted molar refractivity (Wildman–Crippen MR) is 68.7 cm³/mol. The summed E-state index contributed by atoms with van der Waals surface area (Å²) in [4.78, 5) is 18.6. The third kappa shape index (κ3) is 3.87. The van der Waals surface area contributed by atoms with Crippen LogP contribution >= 0.6 is 0 Å². The smallest absolute Gasteiger partial charge is 0.322 e.